The van der Waals surface area contributed by atoms with Crippen molar-refractivity contribution in [1.82, 2.24) is 15.0 Å². The van der Waals surface area contributed by atoms with Gasteiger partial charge in [-0.2, -0.15) is 5.10 Å². The highest BCUT2D eigenvalue weighted by molar-refractivity contribution is 5.99. The molecule has 0 aliphatic heterocycles. The van der Waals surface area contributed by atoms with Crippen LogP contribution >= 0.6 is 0 Å². The fourth-order valence-electron chi connectivity index (χ4n) is 3.18. The zero-order chi connectivity index (χ0) is 19.3. The summed E-state index contributed by atoms with van der Waals surface area (Å²) >= 11 is 0. The minimum absolute atomic E-state index is 0.135. The van der Waals surface area contributed by atoms with Crippen LogP contribution in [0.25, 0.3) is 21.8 Å². The van der Waals surface area contributed by atoms with Crippen LogP contribution in [-0.4, -0.2) is 28.3 Å². The first-order valence-electron chi connectivity index (χ1n) is 9.12. The van der Waals surface area contributed by atoms with Gasteiger partial charge >= 0.3 is 0 Å². The molecule has 0 aliphatic rings. The summed E-state index contributed by atoms with van der Waals surface area (Å²) in [6.45, 7) is 2.83. The number of amides is 1. The highest BCUT2D eigenvalue weighted by Gasteiger charge is 2.07. The Balaban J connectivity index is 1.41. The number of aryl methyl sites for hydroxylation is 1. The zero-order valence-electron chi connectivity index (χ0n) is 15.5. The van der Waals surface area contributed by atoms with Crippen molar-refractivity contribution < 1.29 is 9.53 Å². The maximum atomic E-state index is 12.1. The molecule has 0 fully saturated rings. The van der Waals surface area contributed by atoms with Crippen molar-refractivity contribution in [3.05, 3.63) is 72.6 Å². The molecule has 2 aromatic carbocycles. The Morgan fingerprint density at radius 2 is 2.04 bits per heavy atom. The number of hydrogen-bond donors (Lipinski definition) is 1. The molecule has 4 aromatic rings. The number of ether oxygens (including phenoxy) is 1. The Morgan fingerprint density at radius 3 is 2.93 bits per heavy atom. The van der Waals surface area contributed by atoms with Crippen LogP contribution in [0.4, 0.5) is 0 Å². The Labute approximate surface area is 162 Å². The molecule has 1 N–H and O–H groups in total. The van der Waals surface area contributed by atoms with Crippen molar-refractivity contribution in [2.24, 2.45) is 5.10 Å². The molecule has 0 unspecified atom stereocenters. The second-order valence-electron chi connectivity index (χ2n) is 6.30. The van der Waals surface area contributed by atoms with Crippen LogP contribution in [0.3, 0.4) is 0 Å². The summed E-state index contributed by atoms with van der Waals surface area (Å²) in [5.41, 5.74) is 5.35. The number of hydrogen-bond acceptors (Lipinski definition) is 4. The lowest BCUT2D eigenvalue weighted by Crippen LogP contribution is -2.24. The van der Waals surface area contributed by atoms with Crippen molar-refractivity contribution in [2.75, 3.05) is 6.61 Å². The van der Waals surface area contributed by atoms with Gasteiger partial charge < -0.3 is 9.30 Å². The first kappa shape index (κ1) is 17.7. The number of hydrazone groups is 1. The largest absolute Gasteiger partial charge is 0.481 e. The number of para-hydroxylation sites is 2. The number of rotatable bonds is 6. The van der Waals surface area contributed by atoms with Gasteiger partial charge in [0.15, 0.2) is 6.61 Å². The van der Waals surface area contributed by atoms with E-state index in [2.05, 4.69) is 33.1 Å². The summed E-state index contributed by atoms with van der Waals surface area (Å²) < 4.78 is 7.77. The summed E-state index contributed by atoms with van der Waals surface area (Å²) in [4.78, 5) is 16.4. The van der Waals surface area contributed by atoms with E-state index in [9.17, 15) is 4.79 Å². The third-order valence-electron chi connectivity index (χ3n) is 4.51. The summed E-state index contributed by atoms with van der Waals surface area (Å²) in [7, 11) is 0. The van der Waals surface area contributed by atoms with Gasteiger partial charge in [0.2, 0.25) is 0 Å². The van der Waals surface area contributed by atoms with Crippen molar-refractivity contribution in [3.63, 3.8) is 0 Å². The minimum atomic E-state index is -0.330. The van der Waals surface area contributed by atoms with Crippen molar-refractivity contribution in [3.8, 4) is 5.75 Å². The van der Waals surface area contributed by atoms with Crippen LogP contribution in [0.15, 0.2) is 72.1 Å². The Hall–Kier alpha value is -3.67. The van der Waals surface area contributed by atoms with E-state index in [4.69, 9.17) is 4.74 Å². The van der Waals surface area contributed by atoms with Crippen LogP contribution < -0.4 is 10.2 Å². The first-order valence-corrected chi connectivity index (χ1v) is 9.12. The van der Waals surface area contributed by atoms with E-state index >= 15 is 0 Å². The van der Waals surface area contributed by atoms with E-state index in [1.807, 2.05) is 48.7 Å². The molecule has 0 saturated carbocycles. The average Bonchev–Trinajstić information content (AvgIpc) is 3.10. The molecular weight excluding hydrogens is 352 g/mol. The van der Waals surface area contributed by atoms with Gasteiger partial charge in [0.1, 0.15) is 11.3 Å². The maximum absolute atomic E-state index is 12.1. The lowest BCUT2D eigenvalue weighted by atomic mass is 10.2. The van der Waals surface area contributed by atoms with Crippen LogP contribution in [0.5, 0.6) is 5.75 Å². The fraction of sp³-hybridized carbons (Fsp3) is 0.136. The number of pyridine rings is 1. The molecule has 2 heterocycles. The molecule has 0 spiro atoms. The van der Waals surface area contributed by atoms with Gasteiger partial charge in [0.25, 0.3) is 5.91 Å². The minimum Gasteiger partial charge on any atom is -0.481 e. The van der Waals surface area contributed by atoms with Gasteiger partial charge in [-0.25, -0.2) is 5.43 Å². The molecule has 0 radical (unpaired) electrons. The quantitative estimate of drug-likeness (QED) is 0.414. The molecule has 4 rings (SSSR count). The number of carbonyl (C=O) groups excluding carboxylic acids is 1. The molecule has 6 heteroatoms. The summed E-state index contributed by atoms with van der Waals surface area (Å²) in [6, 6.07) is 17.6. The third kappa shape index (κ3) is 3.57. The van der Waals surface area contributed by atoms with Gasteiger partial charge in [-0.1, -0.05) is 36.4 Å². The van der Waals surface area contributed by atoms with E-state index in [0.29, 0.717) is 5.75 Å². The van der Waals surface area contributed by atoms with E-state index < -0.39 is 0 Å². The number of nitrogens with one attached hydrogen (secondary N) is 1. The molecular formula is C22H20N4O2. The van der Waals surface area contributed by atoms with Crippen LogP contribution in [0, 0.1) is 0 Å². The standard InChI is InChI=1S/C22H20N4O2/c1-2-26-14-17(18-9-3-4-10-19(18)26)13-24-25-21(27)15-28-20-11-5-7-16-8-6-12-23-22(16)20/h3-14H,2,15H2,1H3,(H,25,27)/b24-13-. The highest BCUT2D eigenvalue weighted by Crippen LogP contribution is 2.23. The van der Waals surface area contributed by atoms with E-state index in [0.717, 1.165) is 33.9 Å². The first-order chi connectivity index (χ1) is 13.8. The van der Waals surface area contributed by atoms with Crippen molar-refractivity contribution >= 4 is 33.9 Å². The molecule has 0 bridgehead atoms. The van der Waals surface area contributed by atoms with Crippen LogP contribution in [0.1, 0.15) is 12.5 Å². The van der Waals surface area contributed by atoms with Gasteiger partial charge in [0.05, 0.1) is 6.21 Å². The summed E-state index contributed by atoms with van der Waals surface area (Å²) in [5.74, 6) is 0.242. The van der Waals surface area contributed by atoms with Gasteiger partial charge in [-0.05, 0) is 25.1 Å². The third-order valence-corrected chi connectivity index (χ3v) is 4.51. The summed E-state index contributed by atoms with van der Waals surface area (Å²) in [5, 5.41) is 6.14. The predicted molar refractivity (Wildman–Crippen MR) is 111 cm³/mol. The number of benzene rings is 2. The molecule has 0 saturated heterocycles. The number of nitrogens with zero attached hydrogens (tertiary/aromatic N) is 3. The second-order valence-corrected chi connectivity index (χ2v) is 6.30. The number of aromatic nitrogens is 2. The molecule has 6 nitrogen and oxygen atoms in total. The van der Waals surface area contributed by atoms with Crippen LogP contribution in [0.2, 0.25) is 0 Å². The Bertz CT molecular complexity index is 1160. The monoisotopic (exact) mass is 372 g/mol. The Morgan fingerprint density at radius 1 is 1.18 bits per heavy atom. The van der Waals surface area contributed by atoms with Gasteiger partial charge in [-0.3, -0.25) is 9.78 Å². The van der Waals surface area contributed by atoms with E-state index in [1.54, 1.807) is 18.5 Å². The topological polar surface area (TPSA) is 68.5 Å². The average molecular weight is 372 g/mol. The number of carbonyl (C=O) groups is 1. The SMILES string of the molecule is CCn1cc(/C=N\NC(=O)COc2cccc3cccnc23)c2ccccc21. The predicted octanol–water partition coefficient (Wildman–Crippen LogP) is 3.74. The van der Waals surface area contributed by atoms with Crippen LogP contribution in [-0.2, 0) is 11.3 Å². The number of fused-ring (bicyclic) bond motifs is 2. The van der Waals surface area contributed by atoms with E-state index in [-0.39, 0.29) is 12.5 Å². The molecule has 28 heavy (non-hydrogen) atoms. The van der Waals surface area contributed by atoms with Crippen molar-refractivity contribution in [2.45, 2.75) is 13.5 Å². The lowest BCUT2D eigenvalue weighted by molar-refractivity contribution is -0.123. The second kappa shape index (κ2) is 7.92. The summed E-state index contributed by atoms with van der Waals surface area (Å²) in [6.07, 6.45) is 5.39. The highest BCUT2D eigenvalue weighted by atomic mass is 16.5. The van der Waals surface area contributed by atoms with Crippen molar-refractivity contribution in [1.29, 1.82) is 0 Å². The normalized spacial score (nSPS) is 11.3. The van der Waals surface area contributed by atoms with Gasteiger partial charge in [0, 0.05) is 40.8 Å². The molecule has 140 valence electrons. The Kier molecular flexibility index (Phi) is 5.01. The molecule has 0 aliphatic carbocycles. The molecule has 0 atom stereocenters. The molecule has 2 aromatic heterocycles. The molecule has 1 amide bonds. The fourth-order valence-corrected chi connectivity index (χ4v) is 3.18. The smallest absolute Gasteiger partial charge is 0.277 e. The lowest BCUT2D eigenvalue weighted by Gasteiger charge is -2.07. The maximum Gasteiger partial charge on any atom is 0.277 e. The van der Waals surface area contributed by atoms with E-state index in [1.165, 1.54) is 0 Å². The zero-order valence-corrected chi connectivity index (χ0v) is 15.5. The van der Waals surface area contributed by atoms with Gasteiger partial charge in [-0.15, -0.1) is 0 Å².